The van der Waals surface area contributed by atoms with Gasteiger partial charge >= 0.3 is 10.8 Å². The molecular formula is C12H9ClFNO3S. The molecule has 19 heavy (non-hydrogen) atoms. The Morgan fingerprint density at radius 3 is 2.74 bits per heavy atom. The molecule has 0 amide bonds. The van der Waals surface area contributed by atoms with E-state index in [0.29, 0.717) is 17.0 Å². The molecule has 0 aliphatic carbocycles. The quantitative estimate of drug-likeness (QED) is 0.948. The van der Waals surface area contributed by atoms with Crippen LogP contribution in [0.5, 0.6) is 0 Å². The van der Waals surface area contributed by atoms with Gasteiger partial charge in [0.2, 0.25) is 0 Å². The SMILES string of the molecule is Cc1c(C(=O)O)sc(=O)n1Cc1c(F)cccc1Cl. The molecule has 1 aromatic carbocycles. The third kappa shape index (κ3) is 2.54. The smallest absolute Gasteiger partial charge is 0.347 e. The maximum atomic E-state index is 13.7. The summed E-state index contributed by atoms with van der Waals surface area (Å²) < 4.78 is 14.9. The van der Waals surface area contributed by atoms with E-state index < -0.39 is 16.7 Å². The van der Waals surface area contributed by atoms with Gasteiger partial charge in [-0.3, -0.25) is 9.36 Å². The first-order chi connectivity index (χ1) is 8.91. The number of halogens is 2. The third-order valence-corrected chi connectivity index (χ3v) is 4.14. The number of hydrogen-bond donors (Lipinski definition) is 1. The second kappa shape index (κ2) is 5.14. The van der Waals surface area contributed by atoms with E-state index in [4.69, 9.17) is 16.7 Å². The van der Waals surface area contributed by atoms with Crippen LogP contribution in [0.1, 0.15) is 20.9 Å². The average molecular weight is 302 g/mol. The Labute approximate surface area is 116 Å². The molecule has 7 heteroatoms. The Morgan fingerprint density at radius 1 is 1.53 bits per heavy atom. The van der Waals surface area contributed by atoms with Crippen LogP contribution in [0.25, 0.3) is 0 Å². The van der Waals surface area contributed by atoms with Gasteiger partial charge in [-0.1, -0.05) is 29.0 Å². The Morgan fingerprint density at radius 2 is 2.21 bits per heavy atom. The lowest BCUT2D eigenvalue weighted by Crippen LogP contribution is -2.16. The highest BCUT2D eigenvalue weighted by atomic mass is 35.5. The van der Waals surface area contributed by atoms with Crippen LogP contribution in [0.15, 0.2) is 23.0 Å². The van der Waals surface area contributed by atoms with Gasteiger partial charge in [0.15, 0.2) is 0 Å². The van der Waals surface area contributed by atoms with Crippen LogP contribution in [0.3, 0.4) is 0 Å². The van der Waals surface area contributed by atoms with E-state index in [9.17, 15) is 14.0 Å². The van der Waals surface area contributed by atoms with E-state index in [0.717, 1.165) is 0 Å². The number of aromatic carboxylic acids is 1. The number of nitrogens with zero attached hydrogens (tertiary/aromatic N) is 1. The molecule has 0 saturated carbocycles. The topological polar surface area (TPSA) is 59.3 Å². The van der Waals surface area contributed by atoms with Crippen molar-refractivity contribution in [1.29, 1.82) is 0 Å². The highest BCUT2D eigenvalue weighted by Gasteiger charge is 2.18. The zero-order chi connectivity index (χ0) is 14.2. The van der Waals surface area contributed by atoms with Crippen molar-refractivity contribution in [3.8, 4) is 0 Å². The van der Waals surface area contributed by atoms with Crippen molar-refractivity contribution in [1.82, 2.24) is 4.57 Å². The molecule has 0 aliphatic heterocycles. The molecule has 2 aromatic rings. The summed E-state index contributed by atoms with van der Waals surface area (Å²) in [6.45, 7) is 1.43. The first-order valence-electron chi connectivity index (χ1n) is 5.28. The standard InChI is InChI=1S/C12H9ClFNO3S/c1-6-10(11(16)17)19-12(18)15(6)5-7-8(13)3-2-4-9(7)14/h2-4H,5H2,1H3,(H,16,17). The van der Waals surface area contributed by atoms with Gasteiger partial charge in [0, 0.05) is 16.3 Å². The maximum Gasteiger partial charge on any atom is 0.347 e. The molecule has 0 atom stereocenters. The molecule has 100 valence electrons. The van der Waals surface area contributed by atoms with Crippen molar-refractivity contribution in [2.24, 2.45) is 0 Å². The molecule has 0 radical (unpaired) electrons. The van der Waals surface area contributed by atoms with Crippen molar-refractivity contribution >= 4 is 28.9 Å². The summed E-state index contributed by atoms with van der Waals surface area (Å²) in [6.07, 6.45) is 0. The van der Waals surface area contributed by atoms with Gasteiger partial charge in [0.05, 0.1) is 6.54 Å². The highest BCUT2D eigenvalue weighted by Crippen LogP contribution is 2.21. The van der Waals surface area contributed by atoms with Crippen LogP contribution in [0, 0.1) is 12.7 Å². The first-order valence-corrected chi connectivity index (χ1v) is 6.47. The number of aromatic nitrogens is 1. The van der Waals surface area contributed by atoms with Gasteiger partial charge in [0.1, 0.15) is 10.7 Å². The molecule has 2 rings (SSSR count). The number of carboxylic acid groups (broad SMARTS) is 1. The minimum absolute atomic E-state index is 0.0440. The van der Waals surface area contributed by atoms with E-state index in [1.54, 1.807) is 0 Å². The molecule has 4 nitrogen and oxygen atoms in total. The molecule has 0 spiro atoms. The van der Waals surface area contributed by atoms with Crippen LogP contribution < -0.4 is 4.87 Å². The molecular weight excluding hydrogens is 293 g/mol. The lowest BCUT2D eigenvalue weighted by atomic mass is 10.2. The third-order valence-electron chi connectivity index (χ3n) is 2.72. The van der Waals surface area contributed by atoms with Crippen molar-refractivity contribution in [3.05, 3.63) is 54.8 Å². The van der Waals surface area contributed by atoms with Crippen molar-refractivity contribution in [2.45, 2.75) is 13.5 Å². The summed E-state index contributed by atoms with van der Waals surface area (Å²) in [5, 5.41) is 9.14. The first kappa shape index (κ1) is 13.8. The minimum Gasteiger partial charge on any atom is -0.477 e. The summed E-state index contributed by atoms with van der Waals surface area (Å²) in [5.74, 6) is -1.69. The molecule has 1 N–H and O–H groups in total. The van der Waals surface area contributed by atoms with Crippen LogP contribution in [-0.2, 0) is 6.54 Å². The van der Waals surface area contributed by atoms with Gasteiger partial charge in [-0.2, -0.15) is 0 Å². The fraction of sp³-hybridized carbons (Fsp3) is 0.167. The lowest BCUT2D eigenvalue weighted by Gasteiger charge is -2.08. The number of carboxylic acids is 1. The highest BCUT2D eigenvalue weighted by molar-refractivity contribution is 7.11. The fourth-order valence-electron chi connectivity index (χ4n) is 1.70. The fourth-order valence-corrected chi connectivity index (χ4v) is 2.75. The number of benzene rings is 1. The zero-order valence-electron chi connectivity index (χ0n) is 9.81. The Hall–Kier alpha value is -1.66. The molecule has 0 fully saturated rings. The van der Waals surface area contributed by atoms with Crippen LogP contribution in [0.4, 0.5) is 4.39 Å². The van der Waals surface area contributed by atoms with Crippen LogP contribution >= 0.6 is 22.9 Å². The Balaban J connectivity index is 2.51. The van der Waals surface area contributed by atoms with Gasteiger partial charge in [-0.15, -0.1) is 0 Å². The van der Waals surface area contributed by atoms with Gasteiger partial charge in [-0.05, 0) is 19.1 Å². The van der Waals surface area contributed by atoms with Crippen LogP contribution in [-0.4, -0.2) is 15.6 Å². The predicted octanol–water partition coefficient (Wildman–Crippen LogP) is 2.76. The summed E-state index contributed by atoms with van der Waals surface area (Å²) >= 11 is 6.51. The molecule has 0 unspecified atom stereocenters. The van der Waals surface area contributed by atoms with Crippen molar-refractivity contribution in [2.75, 3.05) is 0 Å². The van der Waals surface area contributed by atoms with Crippen molar-refractivity contribution < 1.29 is 14.3 Å². The molecule has 0 saturated heterocycles. The summed E-state index contributed by atoms with van der Waals surface area (Å²) in [5.41, 5.74) is 0.464. The average Bonchev–Trinajstić information content (AvgIpc) is 2.61. The van der Waals surface area contributed by atoms with Gasteiger partial charge in [-0.25, -0.2) is 9.18 Å². The normalized spacial score (nSPS) is 10.7. The van der Waals surface area contributed by atoms with Crippen molar-refractivity contribution in [3.63, 3.8) is 0 Å². The predicted molar refractivity (Wildman–Crippen MR) is 70.8 cm³/mol. The zero-order valence-corrected chi connectivity index (χ0v) is 11.4. The summed E-state index contributed by atoms with van der Waals surface area (Å²) in [7, 11) is 0. The van der Waals surface area contributed by atoms with E-state index in [-0.39, 0.29) is 22.0 Å². The number of rotatable bonds is 3. The molecule has 0 bridgehead atoms. The minimum atomic E-state index is -1.17. The Bertz CT molecular complexity index is 687. The molecule has 0 aliphatic rings. The summed E-state index contributed by atoms with van der Waals surface area (Å²) in [4.78, 5) is 22.2. The number of hydrogen-bond acceptors (Lipinski definition) is 3. The number of thiazole rings is 1. The monoisotopic (exact) mass is 301 g/mol. The Kier molecular flexibility index (Phi) is 3.73. The summed E-state index contributed by atoms with van der Waals surface area (Å²) in [6, 6.07) is 4.23. The lowest BCUT2D eigenvalue weighted by molar-refractivity contribution is 0.0701. The second-order valence-corrected chi connectivity index (χ2v) is 5.24. The second-order valence-electron chi connectivity index (χ2n) is 3.87. The van der Waals surface area contributed by atoms with E-state index in [1.807, 2.05) is 0 Å². The van der Waals surface area contributed by atoms with Crippen LogP contribution in [0.2, 0.25) is 5.02 Å². The maximum absolute atomic E-state index is 13.7. The van der Waals surface area contributed by atoms with E-state index in [2.05, 4.69) is 0 Å². The largest absolute Gasteiger partial charge is 0.477 e. The molecule has 1 aromatic heterocycles. The van der Waals surface area contributed by atoms with E-state index >= 15 is 0 Å². The molecule has 1 heterocycles. The van der Waals surface area contributed by atoms with Gasteiger partial charge in [0.25, 0.3) is 0 Å². The van der Waals surface area contributed by atoms with E-state index in [1.165, 1.54) is 29.7 Å². The van der Waals surface area contributed by atoms with Gasteiger partial charge < -0.3 is 5.11 Å². The number of carbonyl (C=O) groups is 1.